The van der Waals surface area contributed by atoms with Gasteiger partial charge in [0.2, 0.25) is 0 Å². The van der Waals surface area contributed by atoms with Crippen LogP contribution in [-0.2, 0) is 4.74 Å². The Morgan fingerprint density at radius 1 is 1.19 bits per heavy atom. The van der Waals surface area contributed by atoms with E-state index in [1.54, 1.807) is 39.8 Å². The van der Waals surface area contributed by atoms with Crippen molar-refractivity contribution in [2.24, 2.45) is 0 Å². The molecule has 0 aliphatic heterocycles. The molecule has 8 heteroatoms. The lowest BCUT2D eigenvalue weighted by Gasteiger charge is -2.15. The second-order valence-electron chi connectivity index (χ2n) is 5.99. The molecule has 2 rings (SSSR count). The first-order chi connectivity index (χ1) is 12.7. The molecule has 1 aromatic carbocycles. The zero-order chi connectivity index (χ0) is 20.1. The Kier molecular flexibility index (Phi) is 6.55. The van der Waals surface area contributed by atoms with Gasteiger partial charge >= 0.3 is 12.6 Å². The molecule has 0 aliphatic carbocycles. The fourth-order valence-electron chi connectivity index (χ4n) is 2.78. The summed E-state index contributed by atoms with van der Waals surface area (Å²) < 4.78 is 33.7. The van der Waals surface area contributed by atoms with E-state index in [2.05, 4.69) is 15.0 Å². The minimum Gasteiger partial charge on any atom is -0.462 e. The normalized spacial score (nSPS) is 12.0. The molecule has 6 nitrogen and oxygen atoms in total. The number of ether oxygens (including phenoxy) is 2. The highest BCUT2D eigenvalue weighted by Gasteiger charge is 2.23. The Bertz CT molecular complexity index is 816. The van der Waals surface area contributed by atoms with E-state index in [1.165, 1.54) is 12.1 Å². The van der Waals surface area contributed by atoms with Gasteiger partial charge in [-0.1, -0.05) is 12.1 Å². The summed E-state index contributed by atoms with van der Waals surface area (Å²) in [5, 5.41) is 2.81. The first kappa shape index (κ1) is 20.4. The van der Waals surface area contributed by atoms with Crippen LogP contribution in [0.15, 0.2) is 24.3 Å². The maximum absolute atomic E-state index is 12.6. The molecule has 0 saturated carbocycles. The summed E-state index contributed by atoms with van der Waals surface area (Å²) >= 11 is 0. The van der Waals surface area contributed by atoms with Crippen molar-refractivity contribution < 1.29 is 27.8 Å². The van der Waals surface area contributed by atoms with E-state index < -0.39 is 12.6 Å². The monoisotopic (exact) mass is 380 g/mol. The quantitative estimate of drug-likeness (QED) is 0.714. The number of aryl methyl sites for hydroxylation is 1. The molecule has 0 radical (unpaired) electrons. The molecule has 0 aliphatic rings. The number of benzene rings is 1. The summed E-state index contributed by atoms with van der Waals surface area (Å²) in [7, 11) is 0. The largest absolute Gasteiger partial charge is 0.462 e. The van der Waals surface area contributed by atoms with Crippen molar-refractivity contribution in [3.05, 3.63) is 52.3 Å². The molecule has 0 unspecified atom stereocenters. The van der Waals surface area contributed by atoms with E-state index in [9.17, 15) is 18.4 Å². The summed E-state index contributed by atoms with van der Waals surface area (Å²) in [6, 6.07) is 5.63. The number of H-pyrrole nitrogens is 1. The standard InChI is InChI=1S/C19H22F2N2O4/c1-5-26-18(25)15-10(2)16(22-12(15)4)17(24)23-11(3)13-6-8-14(9-7-13)27-19(20)21/h6-9,11,19,22H,5H2,1-4H3,(H,23,24)/t11-/m1/s1. The lowest BCUT2D eigenvalue weighted by Crippen LogP contribution is -2.27. The van der Waals surface area contributed by atoms with E-state index in [0.717, 1.165) is 5.56 Å². The molecule has 1 heterocycles. The summed E-state index contributed by atoms with van der Waals surface area (Å²) in [6.07, 6.45) is 0. The lowest BCUT2D eigenvalue weighted by atomic mass is 10.1. The molecule has 2 N–H and O–H groups in total. The summed E-state index contributed by atoms with van der Waals surface area (Å²) in [4.78, 5) is 27.5. The third kappa shape index (κ3) is 4.84. The lowest BCUT2D eigenvalue weighted by molar-refractivity contribution is -0.0498. The van der Waals surface area contributed by atoms with Crippen LogP contribution in [0, 0.1) is 13.8 Å². The van der Waals surface area contributed by atoms with Crippen molar-refractivity contribution in [1.82, 2.24) is 10.3 Å². The highest BCUT2D eigenvalue weighted by molar-refractivity contribution is 6.00. The number of nitrogens with one attached hydrogen (secondary N) is 2. The highest BCUT2D eigenvalue weighted by atomic mass is 19.3. The van der Waals surface area contributed by atoms with Gasteiger partial charge in [-0.2, -0.15) is 8.78 Å². The van der Waals surface area contributed by atoms with Crippen LogP contribution in [0.25, 0.3) is 0 Å². The zero-order valence-corrected chi connectivity index (χ0v) is 15.6. The van der Waals surface area contributed by atoms with Crippen LogP contribution in [0.2, 0.25) is 0 Å². The number of rotatable bonds is 7. The number of aromatic nitrogens is 1. The highest BCUT2D eigenvalue weighted by Crippen LogP contribution is 2.22. The van der Waals surface area contributed by atoms with Crippen molar-refractivity contribution in [3.8, 4) is 5.75 Å². The van der Waals surface area contributed by atoms with Crippen LogP contribution in [0.3, 0.4) is 0 Å². The molecule has 0 saturated heterocycles. The fourth-order valence-corrected chi connectivity index (χ4v) is 2.78. The average molecular weight is 380 g/mol. The predicted octanol–water partition coefficient (Wildman–Crippen LogP) is 3.90. The van der Waals surface area contributed by atoms with Crippen LogP contribution >= 0.6 is 0 Å². The van der Waals surface area contributed by atoms with E-state index in [-0.39, 0.29) is 30.0 Å². The van der Waals surface area contributed by atoms with Gasteiger partial charge in [0, 0.05) is 5.69 Å². The van der Waals surface area contributed by atoms with Crippen LogP contribution in [0.4, 0.5) is 8.78 Å². The molecule has 1 atom stereocenters. The number of alkyl halides is 2. The number of amides is 1. The second-order valence-corrected chi connectivity index (χ2v) is 5.99. The van der Waals surface area contributed by atoms with Crippen LogP contribution in [0.1, 0.15) is 57.6 Å². The topological polar surface area (TPSA) is 80.4 Å². The number of halogens is 2. The first-order valence-electron chi connectivity index (χ1n) is 8.46. The van der Waals surface area contributed by atoms with Crippen LogP contribution in [0.5, 0.6) is 5.75 Å². The van der Waals surface area contributed by atoms with E-state index >= 15 is 0 Å². The maximum atomic E-state index is 12.6. The Morgan fingerprint density at radius 2 is 1.81 bits per heavy atom. The van der Waals surface area contributed by atoms with Gasteiger partial charge in [-0.25, -0.2) is 4.79 Å². The number of carbonyl (C=O) groups excluding carboxylic acids is 2. The van der Waals surface area contributed by atoms with Gasteiger partial charge in [0.05, 0.1) is 18.2 Å². The molecule has 0 spiro atoms. The van der Waals surface area contributed by atoms with Gasteiger partial charge in [-0.05, 0) is 51.0 Å². The number of esters is 1. The molecule has 2 aromatic rings. The number of hydrogen-bond donors (Lipinski definition) is 2. The van der Waals surface area contributed by atoms with E-state index in [0.29, 0.717) is 16.8 Å². The van der Waals surface area contributed by atoms with Crippen molar-refractivity contribution in [2.45, 2.75) is 40.3 Å². The summed E-state index contributed by atoms with van der Waals surface area (Å²) in [5.74, 6) is -0.820. The predicted molar refractivity (Wildman–Crippen MR) is 95.2 cm³/mol. The second kappa shape index (κ2) is 8.66. The Labute approximate surface area is 155 Å². The molecule has 146 valence electrons. The Balaban J connectivity index is 2.12. The molecule has 0 fully saturated rings. The smallest absolute Gasteiger partial charge is 0.387 e. The Morgan fingerprint density at radius 3 is 2.37 bits per heavy atom. The van der Waals surface area contributed by atoms with Gasteiger partial charge in [0.15, 0.2) is 0 Å². The van der Waals surface area contributed by atoms with Gasteiger partial charge < -0.3 is 19.8 Å². The molecule has 27 heavy (non-hydrogen) atoms. The average Bonchev–Trinajstić information content (AvgIpc) is 2.89. The van der Waals surface area contributed by atoms with Crippen LogP contribution in [-0.4, -0.2) is 30.1 Å². The maximum Gasteiger partial charge on any atom is 0.387 e. The fraction of sp³-hybridized carbons (Fsp3) is 0.368. The SMILES string of the molecule is CCOC(=O)c1c(C)[nH]c(C(=O)N[C@H](C)c2ccc(OC(F)F)cc2)c1C. The zero-order valence-electron chi connectivity index (χ0n) is 15.6. The number of aromatic amines is 1. The van der Waals surface area contributed by atoms with Crippen molar-refractivity contribution in [3.63, 3.8) is 0 Å². The van der Waals surface area contributed by atoms with E-state index in [4.69, 9.17) is 4.74 Å². The molecule has 1 amide bonds. The molecule has 1 aromatic heterocycles. The van der Waals surface area contributed by atoms with Crippen molar-refractivity contribution in [2.75, 3.05) is 6.61 Å². The van der Waals surface area contributed by atoms with Gasteiger partial charge in [0.1, 0.15) is 11.4 Å². The van der Waals surface area contributed by atoms with Gasteiger partial charge in [-0.3, -0.25) is 4.79 Å². The number of hydrogen-bond acceptors (Lipinski definition) is 4. The summed E-state index contributed by atoms with van der Waals surface area (Å²) in [5.41, 5.74) is 2.41. The third-order valence-electron chi connectivity index (χ3n) is 4.10. The van der Waals surface area contributed by atoms with Crippen molar-refractivity contribution >= 4 is 11.9 Å². The molecule has 0 bridgehead atoms. The van der Waals surface area contributed by atoms with Gasteiger partial charge in [0.25, 0.3) is 5.91 Å². The Hall–Kier alpha value is -2.90. The van der Waals surface area contributed by atoms with Crippen LogP contribution < -0.4 is 10.1 Å². The number of carbonyl (C=O) groups is 2. The minimum absolute atomic E-state index is 0.0437. The molecular formula is C19H22F2N2O4. The third-order valence-corrected chi connectivity index (χ3v) is 4.10. The summed E-state index contributed by atoms with van der Waals surface area (Å²) in [6.45, 7) is 4.20. The molecular weight excluding hydrogens is 358 g/mol. The van der Waals surface area contributed by atoms with E-state index in [1.807, 2.05) is 0 Å². The minimum atomic E-state index is -2.89. The first-order valence-corrected chi connectivity index (χ1v) is 8.46. The van der Waals surface area contributed by atoms with Gasteiger partial charge in [-0.15, -0.1) is 0 Å². The van der Waals surface area contributed by atoms with Crippen molar-refractivity contribution in [1.29, 1.82) is 0 Å².